The topological polar surface area (TPSA) is 69.7 Å². The van der Waals surface area contributed by atoms with E-state index in [-0.39, 0.29) is 0 Å². The Balaban J connectivity index is 1.42. The van der Waals surface area contributed by atoms with E-state index in [1.54, 1.807) is 0 Å². The van der Waals surface area contributed by atoms with Gasteiger partial charge in [0.05, 0.1) is 0 Å². The fourth-order valence-corrected chi connectivity index (χ4v) is 2.94. The van der Waals surface area contributed by atoms with Crippen LogP contribution in [0.4, 0.5) is 0 Å². The Morgan fingerprint density at radius 3 is 2.25 bits per heavy atom. The molecule has 0 bridgehead atoms. The highest BCUT2D eigenvalue weighted by Gasteiger charge is 2.24. The summed E-state index contributed by atoms with van der Waals surface area (Å²) in [4.78, 5) is 19.7. The van der Waals surface area contributed by atoms with Crippen LogP contribution in [0.2, 0.25) is 0 Å². The molecule has 5 rings (SSSR count). The molecule has 0 N–H and O–H groups in total. The van der Waals surface area contributed by atoms with Crippen molar-refractivity contribution >= 4 is 5.90 Å². The van der Waals surface area contributed by atoms with Crippen molar-refractivity contribution in [2.75, 3.05) is 0 Å². The van der Waals surface area contributed by atoms with Gasteiger partial charge in [-0.3, -0.25) is 0 Å². The van der Waals surface area contributed by atoms with E-state index in [9.17, 15) is 0 Å². The summed E-state index contributed by atoms with van der Waals surface area (Å²) in [5.74, 6) is 1.39. The van der Waals surface area contributed by atoms with Gasteiger partial charge < -0.3 is 9.41 Å². The summed E-state index contributed by atoms with van der Waals surface area (Å²) < 4.78 is 5.40. The molecule has 0 amide bonds. The second-order valence-electron chi connectivity index (χ2n) is 6.25. The van der Waals surface area contributed by atoms with Crippen LogP contribution in [0.3, 0.4) is 0 Å². The predicted octanol–water partition coefficient (Wildman–Crippen LogP) is 4.81. The Morgan fingerprint density at radius 2 is 1.43 bits per heavy atom. The van der Waals surface area contributed by atoms with E-state index in [0.717, 1.165) is 22.3 Å². The van der Waals surface area contributed by atoms with E-state index in [1.165, 1.54) is 0 Å². The summed E-state index contributed by atoms with van der Waals surface area (Å²) in [6.07, 6.45) is -0.477. The van der Waals surface area contributed by atoms with Crippen molar-refractivity contribution in [1.29, 1.82) is 0 Å². The van der Waals surface area contributed by atoms with Gasteiger partial charge >= 0.3 is 0 Å². The summed E-state index contributed by atoms with van der Waals surface area (Å²) >= 11 is 0. The van der Waals surface area contributed by atoms with Crippen LogP contribution in [0.25, 0.3) is 22.8 Å². The smallest absolute Gasteiger partial charge is 0.262 e. The molecule has 1 unspecified atom stereocenters. The number of rotatable bonds is 4. The van der Waals surface area contributed by atoms with E-state index in [4.69, 9.17) is 14.3 Å². The first-order chi connectivity index (χ1) is 13.9. The van der Waals surface area contributed by atoms with Crippen LogP contribution in [0.1, 0.15) is 17.4 Å². The molecule has 0 spiro atoms. The monoisotopic (exact) mass is 369 g/mol. The van der Waals surface area contributed by atoms with Gasteiger partial charge in [-0.15, -0.1) is 0 Å². The fourth-order valence-electron chi connectivity index (χ4n) is 2.94. The van der Waals surface area contributed by atoms with E-state index >= 15 is 0 Å². The minimum Gasteiger partial charge on any atom is -0.334 e. The standard InChI is InChI=1S/C22H15N3O3/c1-3-8-15(9-4-1)20-23-19(25-26-20)17-12-7-13-18(14-17)22-24-21(27-28-22)16-10-5-2-6-11-16/h1-14,21H. The number of aromatic nitrogens is 2. The first-order valence-electron chi connectivity index (χ1n) is 8.83. The van der Waals surface area contributed by atoms with Crippen LogP contribution < -0.4 is 0 Å². The Labute approximate surface area is 161 Å². The normalized spacial score (nSPS) is 15.9. The molecule has 1 atom stereocenters. The summed E-state index contributed by atoms with van der Waals surface area (Å²) in [5.41, 5.74) is 3.39. The number of aliphatic imine (C=N–C) groups is 1. The second-order valence-corrected chi connectivity index (χ2v) is 6.25. The zero-order valence-corrected chi connectivity index (χ0v) is 14.7. The maximum absolute atomic E-state index is 5.40. The van der Waals surface area contributed by atoms with Gasteiger partial charge in [-0.2, -0.15) is 9.87 Å². The van der Waals surface area contributed by atoms with Crippen molar-refractivity contribution in [2.45, 2.75) is 6.23 Å². The summed E-state index contributed by atoms with van der Waals surface area (Å²) in [5, 5.41) is 4.10. The van der Waals surface area contributed by atoms with E-state index in [1.807, 2.05) is 84.9 Å². The summed E-state index contributed by atoms with van der Waals surface area (Å²) in [6, 6.07) is 27.0. The first kappa shape index (κ1) is 16.4. The zero-order valence-electron chi connectivity index (χ0n) is 14.7. The van der Waals surface area contributed by atoms with Gasteiger partial charge in [0.25, 0.3) is 11.8 Å². The maximum Gasteiger partial charge on any atom is 0.262 e. The van der Waals surface area contributed by atoms with Gasteiger partial charge in [0.15, 0.2) is 0 Å². The van der Waals surface area contributed by atoms with Crippen LogP contribution in [0, 0.1) is 0 Å². The van der Waals surface area contributed by atoms with Crippen LogP contribution in [-0.4, -0.2) is 16.0 Å². The van der Waals surface area contributed by atoms with Crippen molar-refractivity contribution in [2.24, 2.45) is 4.99 Å². The highest BCUT2D eigenvalue weighted by atomic mass is 17.2. The van der Waals surface area contributed by atoms with Crippen LogP contribution >= 0.6 is 0 Å². The van der Waals surface area contributed by atoms with Crippen molar-refractivity contribution in [3.8, 4) is 22.8 Å². The molecule has 0 aliphatic carbocycles. The molecule has 28 heavy (non-hydrogen) atoms. The lowest BCUT2D eigenvalue weighted by molar-refractivity contribution is -0.237. The van der Waals surface area contributed by atoms with Crippen molar-refractivity contribution in [3.05, 3.63) is 96.1 Å². The Morgan fingerprint density at radius 1 is 0.714 bits per heavy atom. The Hall–Kier alpha value is -3.77. The fraction of sp³-hybridized carbons (Fsp3) is 0.0455. The molecule has 6 heteroatoms. The average molecular weight is 369 g/mol. The number of benzene rings is 3. The molecule has 0 fully saturated rings. The quantitative estimate of drug-likeness (QED) is 0.483. The minimum absolute atomic E-state index is 0.419. The third-order valence-electron chi connectivity index (χ3n) is 4.35. The lowest BCUT2D eigenvalue weighted by Crippen LogP contribution is -2.00. The van der Waals surface area contributed by atoms with Gasteiger partial charge in [-0.1, -0.05) is 65.8 Å². The highest BCUT2D eigenvalue weighted by Crippen LogP contribution is 2.28. The molecule has 1 aliphatic heterocycles. The van der Waals surface area contributed by atoms with Gasteiger partial charge in [-0.05, 0) is 24.3 Å². The van der Waals surface area contributed by atoms with Crippen molar-refractivity contribution < 1.29 is 14.3 Å². The van der Waals surface area contributed by atoms with Crippen molar-refractivity contribution in [1.82, 2.24) is 10.1 Å². The third kappa shape index (κ3) is 3.17. The minimum atomic E-state index is -0.477. The Bertz CT molecular complexity index is 1120. The van der Waals surface area contributed by atoms with E-state index in [2.05, 4.69) is 15.1 Å². The summed E-state index contributed by atoms with van der Waals surface area (Å²) in [7, 11) is 0. The second kappa shape index (κ2) is 7.09. The molecule has 2 heterocycles. The first-order valence-corrected chi connectivity index (χ1v) is 8.83. The van der Waals surface area contributed by atoms with E-state index < -0.39 is 6.23 Å². The van der Waals surface area contributed by atoms with Gasteiger partial charge in [0.1, 0.15) is 0 Å². The molecule has 0 saturated heterocycles. The van der Waals surface area contributed by atoms with Crippen molar-refractivity contribution in [3.63, 3.8) is 0 Å². The largest absolute Gasteiger partial charge is 0.334 e. The van der Waals surface area contributed by atoms with Gasteiger partial charge in [-0.25, -0.2) is 4.99 Å². The number of hydrogen-bond acceptors (Lipinski definition) is 6. The van der Waals surface area contributed by atoms with Gasteiger partial charge in [0.2, 0.25) is 12.1 Å². The molecule has 4 aromatic rings. The number of hydrogen-bond donors (Lipinski definition) is 0. The van der Waals surface area contributed by atoms with Crippen LogP contribution in [0.15, 0.2) is 94.4 Å². The molecule has 0 saturated carbocycles. The molecule has 1 aromatic heterocycles. The SMILES string of the molecule is c1ccc(-c2nc(-c3cccc(C4=NC(c5ccccc5)OO4)c3)no2)cc1. The molecular formula is C22H15N3O3. The average Bonchev–Trinajstić information content (AvgIpc) is 3.46. The molecule has 3 aromatic carbocycles. The molecular weight excluding hydrogens is 354 g/mol. The third-order valence-corrected chi connectivity index (χ3v) is 4.35. The molecule has 6 nitrogen and oxygen atoms in total. The van der Waals surface area contributed by atoms with Crippen LogP contribution in [0.5, 0.6) is 0 Å². The van der Waals surface area contributed by atoms with E-state index in [0.29, 0.717) is 17.6 Å². The Kier molecular flexibility index (Phi) is 4.16. The lowest BCUT2D eigenvalue weighted by atomic mass is 10.1. The lowest BCUT2D eigenvalue weighted by Gasteiger charge is -2.03. The predicted molar refractivity (Wildman–Crippen MR) is 103 cm³/mol. The zero-order chi connectivity index (χ0) is 18.8. The van der Waals surface area contributed by atoms with Gasteiger partial charge in [0, 0.05) is 22.3 Å². The molecule has 136 valence electrons. The number of nitrogens with zero attached hydrogens (tertiary/aromatic N) is 3. The van der Waals surface area contributed by atoms with Crippen LogP contribution in [-0.2, 0) is 9.78 Å². The maximum atomic E-state index is 5.40. The summed E-state index contributed by atoms with van der Waals surface area (Å²) in [6.45, 7) is 0. The highest BCUT2D eigenvalue weighted by molar-refractivity contribution is 5.95. The molecule has 1 aliphatic rings. The molecule has 0 radical (unpaired) electrons.